The highest BCUT2D eigenvalue weighted by Gasteiger charge is 2.07. The number of benzene rings is 4. The summed E-state index contributed by atoms with van der Waals surface area (Å²) in [6.45, 7) is 0. The van der Waals surface area contributed by atoms with Crippen molar-refractivity contribution in [3.05, 3.63) is 126 Å². The zero-order valence-electron chi connectivity index (χ0n) is 17.6. The molecular weight excluding hydrogens is 414 g/mol. The Morgan fingerprint density at radius 1 is 0.667 bits per heavy atom. The highest BCUT2D eigenvalue weighted by atomic mass is 16.5. The van der Waals surface area contributed by atoms with Gasteiger partial charge in [0, 0.05) is 16.8 Å². The number of hydrogen-bond acceptors (Lipinski definition) is 4. The second-order valence-electron chi connectivity index (χ2n) is 7.08. The smallest absolute Gasteiger partial charge is 0.271 e. The second kappa shape index (κ2) is 10.5. The summed E-state index contributed by atoms with van der Waals surface area (Å²) in [5.41, 5.74) is 4.87. The average molecular weight is 435 g/mol. The number of carbonyl (C=O) groups excluding carboxylic acids is 2. The Labute approximate surface area is 191 Å². The van der Waals surface area contributed by atoms with Crippen molar-refractivity contribution in [2.24, 2.45) is 5.10 Å². The lowest BCUT2D eigenvalue weighted by Gasteiger charge is -2.06. The zero-order valence-corrected chi connectivity index (χ0v) is 17.6. The third-order valence-electron chi connectivity index (χ3n) is 4.66. The summed E-state index contributed by atoms with van der Waals surface area (Å²) in [6.07, 6.45) is 1.55. The minimum atomic E-state index is -0.358. The van der Waals surface area contributed by atoms with Gasteiger partial charge in [-0.05, 0) is 66.2 Å². The van der Waals surface area contributed by atoms with E-state index in [1.165, 1.54) is 0 Å². The van der Waals surface area contributed by atoms with E-state index in [1.54, 1.807) is 54.7 Å². The highest BCUT2D eigenvalue weighted by Crippen LogP contribution is 2.21. The summed E-state index contributed by atoms with van der Waals surface area (Å²) >= 11 is 0. The Kier molecular flexibility index (Phi) is 6.88. The molecule has 0 saturated carbocycles. The molecule has 6 nitrogen and oxygen atoms in total. The van der Waals surface area contributed by atoms with Gasteiger partial charge >= 0.3 is 0 Å². The van der Waals surface area contributed by atoms with Crippen molar-refractivity contribution in [1.29, 1.82) is 0 Å². The van der Waals surface area contributed by atoms with Crippen molar-refractivity contribution in [2.75, 3.05) is 5.32 Å². The molecule has 0 heterocycles. The van der Waals surface area contributed by atoms with Crippen molar-refractivity contribution in [2.45, 2.75) is 0 Å². The van der Waals surface area contributed by atoms with Crippen LogP contribution in [0.3, 0.4) is 0 Å². The maximum Gasteiger partial charge on any atom is 0.271 e. The van der Waals surface area contributed by atoms with E-state index in [0.717, 1.165) is 11.3 Å². The van der Waals surface area contributed by atoms with Crippen LogP contribution in [0.15, 0.2) is 114 Å². The summed E-state index contributed by atoms with van der Waals surface area (Å²) in [6, 6.07) is 32.4. The molecule has 0 aromatic heterocycles. The van der Waals surface area contributed by atoms with Gasteiger partial charge in [0.15, 0.2) is 0 Å². The number of rotatable bonds is 7. The Morgan fingerprint density at radius 2 is 1.30 bits per heavy atom. The van der Waals surface area contributed by atoms with Crippen LogP contribution in [0.5, 0.6) is 11.5 Å². The lowest BCUT2D eigenvalue weighted by atomic mass is 10.1. The monoisotopic (exact) mass is 435 g/mol. The fourth-order valence-electron chi connectivity index (χ4n) is 3.01. The molecule has 6 heteroatoms. The number of hydrazone groups is 1. The van der Waals surface area contributed by atoms with Crippen molar-refractivity contribution in [3.8, 4) is 11.5 Å². The maximum absolute atomic E-state index is 12.4. The molecule has 0 fully saturated rings. The Bertz CT molecular complexity index is 1250. The minimum absolute atomic E-state index is 0.212. The highest BCUT2D eigenvalue weighted by molar-refractivity contribution is 6.04. The van der Waals surface area contributed by atoms with Crippen LogP contribution in [0.1, 0.15) is 26.3 Å². The number of anilines is 1. The standard InChI is InChI=1S/C27H21N3O3/c31-26(21-9-3-1-4-10-21)29-23-16-14-22(15-17-23)27(32)30-28-19-20-8-7-13-25(18-20)33-24-11-5-2-6-12-24/h1-19H,(H,29,31)(H,30,32)/b28-19+. The van der Waals surface area contributed by atoms with Gasteiger partial charge in [-0.3, -0.25) is 9.59 Å². The predicted octanol–water partition coefficient (Wildman–Crippen LogP) is 5.50. The summed E-state index contributed by atoms with van der Waals surface area (Å²) in [7, 11) is 0. The number of hydrogen-bond donors (Lipinski definition) is 2. The first-order valence-electron chi connectivity index (χ1n) is 10.3. The minimum Gasteiger partial charge on any atom is -0.457 e. The molecule has 2 N–H and O–H groups in total. The zero-order chi connectivity index (χ0) is 22.9. The normalized spacial score (nSPS) is 10.5. The number of carbonyl (C=O) groups is 2. The van der Waals surface area contributed by atoms with Gasteiger partial charge in [-0.15, -0.1) is 0 Å². The van der Waals surface area contributed by atoms with Crippen LogP contribution in [0.25, 0.3) is 0 Å². The fraction of sp³-hybridized carbons (Fsp3) is 0. The summed E-state index contributed by atoms with van der Waals surface area (Å²) < 4.78 is 5.80. The summed E-state index contributed by atoms with van der Waals surface area (Å²) in [5.74, 6) is 0.840. The molecule has 4 aromatic carbocycles. The maximum atomic E-state index is 12.4. The summed E-state index contributed by atoms with van der Waals surface area (Å²) in [5, 5.41) is 6.83. The van der Waals surface area contributed by atoms with Gasteiger partial charge in [0.2, 0.25) is 0 Å². The van der Waals surface area contributed by atoms with Gasteiger partial charge in [0.25, 0.3) is 11.8 Å². The van der Waals surface area contributed by atoms with E-state index in [9.17, 15) is 9.59 Å². The Hall–Kier alpha value is -4.71. The Morgan fingerprint density at radius 3 is 2.03 bits per heavy atom. The molecule has 4 aromatic rings. The van der Waals surface area contributed by atoms with Crippen LogP contribution in [-0.4, -0.2) is 18.0 Å². The van der Waals surface area contributed by atoms with Crippen LogP contribution in [0.2, 0.25) is 0 Å². The predicted molar refractivity (Wildman–Crippen MR) is 129 cm³/mol. The SMILES string of the molecule is O=C(N/N=C/c1cccc(Oc2ccccc2)c1)c1ccc(NC(=O)c2ccccc2)cc1. The molecule has 0 saturated heterocycles. The molecule has 0 aliphatic carbocycles. The molecule has 0 bridgehead atoms. The van der Waals surface area contributed by atoms with Crippen LogP contribution in [0, 0.1) is 0 Å². The molecule has 162 valence electrons. The van der Waals surface area contributed by atoms with Crippen molar-refractivity contribution < 1.29 is 14.3 Å². The van der Waals surface area contributed by atoms with E-state index in [1.807, 2.05) is 60.7 Å². The Balaban J connectivity index is 1.32. The lowest BCUT2D eigenvalue weighted by Crippen LogP contribution is -2.17. The van der Waals surface area contributed by atoms with E-state index >= 15 is 0 Å². The number of nitrogens with zero attached hydrogens (tertiary/aromatic N) is 1. The van der Waals surface area contributed by atoms with E-state index in [0.29, 0.717) is 22.6 Å². The summed E-state index contributed by atoms with van der Waals surface area (Å²) in [4.78, 5) is 24.6. The van der Waals surface area contributed by atoms with Gasteiger partial charge in [-0.25, -0.2) is 5.43 Å². The molecule has 33 heavy (non-hydrogen) atoms. The van der Waals surface area contributed by atoms with Gasteiger partial charge in [-0.2, -0.15) is 5.10 Å². The van der Waals surface area contributed by atoms with Gasteiger partial charge in [0.05, 0.1) is 6.21 Å². The number of amides is 2. The van der Waals surface area contributed by atoms with Crippen molar-refractivity contribution in [1.82, 2.24) is 5.43 Å². The third-order valence-corrected chi connectivity index (χ3v) is 4.66. The second-order valence-corrected chi connectivity index (χ2v) is 7.08. The topological polar surface area (TPSA) is 79.8 Å². The van der Waals surface area contributed by atoms with Crippen molar-refractivity contribution in [3.63, 3.8) is 0 Å². The molecule has 0 aliphatic heterocycles. The van der Waals surface area contributed by atoms with Crippen LogP contribution in [-0.2, 0) is 0 Å². The first-order chi connectivity index (χ1) is 16.2. The number of nitrogens with one attached hydrogen (secondary N) is 2. The van der Waals surface area contributed by atoms with Crippen LogP contribution < -0.4 is 15.5 Å². The number of ether oxygens (including phenoxy) is 1. The lowest BCUT2D eigenvalue weighted by molar-refractivity contribution is 0.0954. The van der Waals surface area contributed by atoms with Crippen molar-refractivity contribution >= 4 is 23.7 Å². The van der Waals surface area contributed by atoms with Crippen LogP contribution >= 0.6 is 0 Å². The number of para-hydroxylation sites is 1. The molecule has 2 amide bonds. The average Bonchev–Trinajstić information content (AvgIpc) is 2.86. The molecule has 0 aliphatic rings. The molecule has 0 spiro atoms. The molecule has 4 rings (SSSR count). The third kappa shape index (κ3) is 6.15. The van der Waals surface area contributed by atoms with Gasteiger partial charge in [0.1, 0.15) is 11.5 Å². The molecule has 0 radical (unpaired) electrons. The quantitative estimate of drug-likeness (QED) is 0.297. The van der Waals surface area contributed by atoms with E-state index < -0.39 is 0 Å². The van der Waals surface area contributed by atoms with E-state index in [-0.39, 0.29) is 11.8 Å². The van der Waals surface area contributed by atoms with Crippen LogP contribution in [0.4, 0.5) is 5.69 Å². The first kappa shape index (κ1) is 21.5. The molecule has 0 atom stereocenters. The molecular formula is C27H21N3O3. The molecule has 0 unspecified atom stereocenters. The van der Waals surface area contributed by atoms with Gasteiger partial charge < -0.3 is 10.1 Å². The van der Waals surface area contributed by atoms with E-state index in [2.05, 4.69) is 15.8 Å². The largest absolute Gasteiger partial charge is 0.457 e. The van der Waals surface area contributed by atoms with Gasteiger partial charge in [-0.1, -0.05) is 48.5 Å². The first-order valence-corrected chi connectivity index (χ1v) is 10.3. The van der Waals surface area contributed by atoms with E-state index in [4.69, 9.17) is 4.74 Å². The fourth-order valence-corrected chi connectivity index (χ4v) is 3.01.